The monoisotopic (exact) mass is 338 g/mol. The van der Waals surface area contributed by atoms with E-state index < -0.39 is 5.82 Å². The first-order valence-corrected chi connectivity index (χ1v) is 7.85. The van der Waals surface area contributed by atoms with Crippen LogP contribution in [0.1, 0.15) is 10.4 Å². The molecule has 0 spiro atoms. The third-order valence-corrected chi connectivity index (χ3v) is 3.86. The lowest BCUT2D eigenvalue weighted by Gasteiger charge is -2.05. The Morgan fingerprint density at radius 1 is 1.18 bits per heavy atom. The number of hydrogen-bond donors (Lipinski definition) is 1. The Hall–Kier alpha value is -1.92. The molecule has 0 saturated heterocycles. The quantitative estimate of drug-likeness (QED) is 0.820. The molecule has 1 heterocycles. The third kappa shape index (κ3) is 4.82. The zero-order chi connectivity index (χ0) is 15.9. The van der Waals surface area contributed by atoms with E-state index in [1.165, 1.54) is 12.3 Å². The highest BCUT2D eigenvalue weighted by Gasteiger charge is 2.10. The summed E-state index contributed by atoms with van der Waals surface area (Å²) < 4.78 is 13.3. The highest BCUT2D eigenvalue weighted by molar-refractivity contribution is 8.00. The molecule has 0 bridgehead atoms. The zero-order valence-electron chi connectivity index (χ0n) is 11.4. The topological polar surface area (TPSA) is 59.1 Å². The molecule has 2 aromatic rings. The standard InChI is InChI=1S/C15H12ClFN2O2S/c16-11-3-1-10(2-4-11)14(20)8-22-9-15(21)19-13-5-6-18-7-12(13)17/h1-7H,8-9H2,(H,18,19,21). The number of anilines is 1. The highest BCUT2D eigenvalue weighted by atomic mass is 35.5. The molecule has 0 aliphatic carbocycles. The van der Waals surface area contributed by atoms with E-state index in [4.69, 9.17) is 11.6 Å². The fourth-order valence-corrected chi connectivity index (χ4v) is 2.46. The fraction of sp³-hybridized carbons (Fsp3) is 0.133. The van der Waals surface area contributed by atoms with Crippen molar-refractivity contribution in [2.45, 2.75) is 0 Å². The number of halogens is 2. The Kier molecular flexibility index (Phi) is 5.91. The summed E-state index contributed by atoms with van der Waals surface area (Å²) in [6.07, 6.45) is 2.41. The van der Waals surface area contributed by atoms with Crippen LogP contribution in [0.4, 0.5) is 10.1 Å². The number of ketones is 1. The second-order valence-corrected chi connectivity index (χ2v) is 5.75. The van der Waals surface area contributed by atoms with Crippen molar-refractivity contribution in [2.24, 2.45) is 0 Å². The number of carbonyl (C=O) groups is 2. The second-order valence-electron chi connectivity index (χ2n) is 4.33. The van der Waals surface area contributed by atoms with Crippen molar-refractivity contribution in [3.8, 4) is 0 Å². The summed E-state index contributed by atoms with van der Waals surface area (Å²) in [4.78, 5) is 27.2. The molecule has 0 atom stereocenters. The van der Waals surface area contributed by atoms with E-state index in [0.717, 1.165) is 18.0 Å². The molecule has 0 saturated carbocycles. The summed E-state index contributed by atoms with van der Waals surface area (Å²) in [5.41, 5.74) is 0.613. The first kappa shape index (κ1) is 16.5. The molecule has 1 aromatic heterocycles. The first-order valence-electron chi connectivity index (χ1n) is 6.32. The van der Waals surface area contributed by atoms with E-state index in [1.54, 1.807) is 24.3 Å². The molecule has 0 fully saturated rings. The van der Waals surface area contributed by atoms with Crippen LogP contribution in [0.3, 0.4) is 0 Å². The average molecular weight is 339 g/mol. The Balaban J connectivity index is 1.78. The van der Waals surface area contributed by atoms with Gasteiger partial charge in [-0.3, -0.25) is 14.6 Å². The van der Waals surface area contributed by atoms with Gasteiger partial charge in [-0.05, 0) is 30.3 Å². The molecule has 114 valence electrons. The number of benzene rings is 1. The van der Waals surface area contributed by atoms with Gasteiger partial charge in [-0.1, -0.05) is 11.6 Å². The van der Waals surface area contributed by atoms with Crippen molar-refractivity contribution in [1.29, 1.82) is 0 Å². The summed E-state index contributed by atoms with van der Waals surface area (Å²) in [5, 5.41) is 2.99. The van der Waals surface area contributed by atoms with Crippen LogP contribution < -0.4 is 5.32 Å². The van der Waals surface area contributed by atoms with E-state index in [9.17, 15) is 14.0 Å². The minimum atomic E-state index is -0.599. The third-order valence-electron chi connectivity index (χ3n) is 2.68. The van der Waals surface area contributed by atoms with E-state index in [0.29, 0.717) is 10.6 Å². The largest absolute Gasteiger partial charge is 0.323 e. The number of nitrogens with zero attached hydrogens (tertiary/aromatic N) is 1. The Bertz CT molecular complexity index is 679. The normalized spacial score (nSPS) is 10.3. The van der Waals surface area contributed by atoms with Gasteiger partial charge >= 0.3 is 0 Å². The Morgan fingerprint density at radius 3 is 2.59 bits per heavy atom. The molecular formula is C15H12ClFN2O2S. The smallest absolute Gasteiger partial charge is 0.234 e. The summed E-state index contributed by atoms with van der Waals surface area (Å²) in [7, 11) is 0. The molecule has 0 aliphatic heterocycles. The lowest BCUT2D eigenvalue weighted by Crippen LogP contribution is -2.16. The Morgan fingerprint density at radius 2 is 1.91 bits per heavy atom. The van der Waals surface area contributed by atoms with Crippen molar-refractivity contribution in [3.05, 3.63) is 59.1 Å². The number of thioether (sulfide) groups is 1. The number of carbonyl (C=O) groups excluding carboxylic acids is 2. The van der Waals surface area contributed by atoms with E-state index in [2.05, 4.69) is 10.3 Å². The fourth-order valence-electron chi connectivity index (χ4n) is 1.62. The minimum absolute atomic E-state index is 0.0566. The molecule has 0 aliphatic rings. The molecular weight excluding hydrogens is 327 g/mol. The van der Waals surface area contributed by atoms with Gasteiger partial charge in [-0.2, -0.15) is 0 Å². The van der Waals surface area contributed by atoms with Crippen molar-refractivity contribution in [2.75, 3.05) is 16.8 Å². The van der Waals surface area contributed by atoms with Crippen LogP contribution in [0.25, 0.3) is 0 Å². The summed E-state index contributed by atoms with van der Waals surface area (Å²) >= 11 is 6.91. The number of amides is 1. The molecule has 0 radical (unpaired) electrons. The van der Waals surface area contributed by atoms with Gasteiger partial charge in [0, 0.05) is 16.8 Å². The number of Topliss-reactive ketones (excluding diaryl/α,β-unsaturated/α-hetero) is 1. The summed E-state index contributed by atoms with van der Waals surface area (Å²) in [6.45, 7) is 0. The van der Waals surface area contributed by atoms with Crippen LogP contribution in [0, 0.1) is 5.82 Å². The van der Waals surface area contributed by atoms with Gasteiger partial charge in [0.25, 0.3) is 0 Å². The highest BCUT2D eigenvalue weighted by Crippen LogP contribution is 2.14. The van der Waals surface area contributed by atoms with Crippen molar-refractivity contribution >= 4 is 40.7 Å². The maximum absolute atomic E-state index is 13.3. The molecule has 1 N–H and O–H groups in total. The van der Waals surface area contributed by atoms with Gasteiger partial charge in [-0.15, -0.1) is 11.8 Å². The molecule has 22 heavy (non-hydrogen) atoms. The summed E-state index contributed by atoms with van der Waals surface area (Å²) in [6, 6.07) is 7.92. The lowest BCUT2D eigenvalue weighted by atomic mass is 10.1. The van der Waals surface area contributed by atoms with Crippen LogP contribution in [-0.4, -0.2) is 28.2 Å². The van der Waals surface area contributed by atoms with E-state index in [1.807, 2.05) is 0 Å². The van der Waals surface area contributed by atoms with E-state index in [-0.39, 0.29) is 28.9 Å². The van der Waals surface area contributed by atoms with Crippen molar-refractivity contribution in [3.63, 3.8) is 0 Å². The molecule has 1 amide bonds. The number of hydrogen-bond acceptors (Lipinski definition) is 4. The molecule has 0 unspecified atom stereocenters. The first-order chi connectivity index (χ1) is 10.6. The average Bonchev–Trinajstić information content (AvgIpc) is 2.50. The maximum Gasteiger partial charge on any atom is 0.234 e. The SMILES string of the molecule is O=C(CSCC(=O)c1ccc(Cl)cc1)Nc1ccncc1F. The van der Waals surface area contributed by atoms with Gasteiger partial charge in [0.05, 0.1) is 23.4 Å². The van der Waals surface area contributed by atoms with Gasteiger partial charge in [-0.25, -0.2) is 4.39 Å². The summed E-state index contributed by atoms with van der Waals surface area (Å²) in [5.74, 6) is -0.851. The molecule has 4 nitrogen and oxygen atoms in total. The van der Waals surface area contributed by atoms with Crippen LogP contribution in [0.2, 0.25) is 5.02 Å². The predicted molar refractivity (Wildman–Crippen MR) is 85.9 cm³/mol. The molecule has 2 rings (SSSR count). The number of aromatic nitrogens is 1. The predicted octanol–water partition coefficient (Wildman–Crippen LogP) is 3.43. The van der Waals surface area contributed by atoms with Crippen LogP contribution in [0.5, 0.6) is 0 Å². The molecule has 7 heteroatoms. The number of nitrogens with one attached hydrogen (secondary N) is 1. The number of pyridine rings is 1. The maximum atomic E-state index is 13.3. The number of rotatable bonds is 6. The van der Waals surface area contributed by atoms with Crippen LogP contribution >= 0.6 is 23.4 Å². The van der Waals surface area contributed by atoms with Gasteiger partial charge in [0.15, 0.2) is 11.6 Å². The molecule has 1 aromatic carbocycles. The van der Waals surface area contributed by atoms with E-state index >= 15 is 0 Å². The zero-order valence-corrected chi connectivity index (χ0v) is 13.0. The second kappa shape index (κ2) is 7.91. The minimum Gasteiger partial charge on any atom is -0.323 e. The lowest BCUT2D eigenvalue weighted by molar-refractivity contribution is -0.113. The van der Waals surface area contributed by atoms with Crippen molar-refractivity contribution in [1.82, 2.24) is 4.98 Å². The van der Waals surface area contributed by atoms with Crippen molar-refractivity contribution < 1.29 is 14.0 Å². The van der Waals surface area contributed by atoms with Gasteiger partial charge in [0.2, 0.25) is 5.91 Å². The van der Waals surface area contributed by atoms with Crippen LogP contribution in [0.15, 0.2) is 42.7 Å². The van der Waals surface area contributed by atoms with Gasteiger partial charge in [0.1, 0.15) is 0 Å². The van der Waals surface area contributed by atoms with Gasteiger partial charge < -0.3 is 5.32 Å². The Labute approximate surface area is 136 Å². The van der Waals surface area contributed by atoms with Crippen LogP contribution in [-0.2, 0) is 4.79 Å².